The van der Waals surface area contributed by atoms with E-state index >= 15 is 0 Å². The third-order valence-electron chi connectivity index (χ3n) is 4.60. The van der Waals surface area contributed by atoms with Crippen molar-refractivity contribution in [2.45, 2.75) is 44.9 Å². The molecular formula is C18H24N2S. The first kappa shape index (κ1) is 14.7. The van der Waals surface area contributed by atoms with Crippen molar-refractivity contribution in [1.82, 2.24) is 4.98 Å². The maximum absolute atomic E-state index is 5.79. The van der Waals surface area contributed by atoms with Crippen molar-refractivity contribution in [2.24, 2.45) is 11.7 Å². The van der Waals surface area contributed by atoms with Gasteiger partial charge in [0, 0.05) is 16.4 Å². The lowest BCUT2D eigenvalue weighted by Crippen LogP contribution is -2.02. The van der Waals surface area contributed by atoms with Gasteiger partial charge in [-0.05, 0) is 38.1 Å². The van der Waals surface area contributed by atoms with Crippen molar-refractivity contribution < 1.29 is 0 Å². The summed E-state index contributed by atoms with van der Waals surface area (Å²) in [5.74, 6) is 1.57. The molecular weight excluding hydrogens is 276 g/mol. The third kappa shape index (κ3) is 3.19. The third-order valence-corrected chi connectivity index (χ3v) is 5.88. The number of rotatable bonds is 5. The highest BCUT2D eigenvalue weighted by molar-refractivity contribution is 7.12. The van der Waals surface area contributed by atoms with E-state index in [1.165, 1.54) is 46.8 Å². The molecule has 112 valence electrons. The van der Waals surface area contributed by atoms with Crippen LogP contribution in [0.1, 0.15) is 48.4 Å². The summed E-state index contributed by atoms with van der Waals surface area (Å²) in [6.07, 6.45) is 6.24. The summed E-state index contributed by atoms with van der Waals surface area (Å²) >= 11 is 1.90. The van der Waals surface area contributed by atoms with Gasteiger partial charge in [0.25, 0.3) is 0 Å². The van der Waals surface area contributed by atoms with Crippen LogP contribution in [-0.4, -0.2) is 11.5 Å². The molecule has 1 aliphatic carbocycles. The van der Waals surface area contributed by atoms with E-state index in [0.717, 1.165) is 12.3 Å². The van der Waals surface area contributed by atoms with Crippen LogP contribution in [0.5, 0.6) is 0 Å². The normalized spacial score (nSPS) is 21.8. The lowest BCUT2D eigenvalue weighted by molar-refractivity contribution is 0.521. The maximum Gasteiger partial charge on any atom is 0.0966 e. The predicted molar refractivity (Wildman–Crippen MR) is 90.7 cm³/mol. The molecule has 1 aliphatic rings. The van der Waals surface area contributed by atoms with Gasteiger partial charge >= 0.3 is 0 Å². The average Bonchev–Trinajstić information content (AvgIpc) is 3.15. The minimum absolute atomic E-state index is 0.675. The van der Waals surface area contributed by atoms with Crippen LogP contribution in [0.25, 0.3) is 11.3 Å². The van der Waals surface area contributed by atoms with Gasteiger partial charge in [0.1, 0.15) is 0 Å². The highest BCUT2D eigenvalue weighted by Crippen LogP contribution is 2.43. The molecule has 1 fully saturated rings. The van der Waals surface area contributed by atoms with Gasteiger partial charge in [0.05, 0.1) is 10.7 Å². The monoisotopic (exact) mass is 300 g/mol. The first-order valence-electron chi connectivity index (χ1n) is 8.06. The highest BCUT2D eigenvalue weighted by Gasteiger charge is 2.28. The molecule has 2 N–H and O–H groups in total. The van der Waals surface area contributed by atoms with Gasteiger partial charge < -0.3 is 5.73 Å². The molecule has 1 aromatic carbocycles. The zero-order chi connectivity index (χ0) is 14.7. The van der Waals surface area contributed by atoms with Crippen LogP contribution in [0.4, 0.5) is 0 Å². The van der Waals surface area contributed by atoms with E-state index in [0.29, 0.717) is 12.5 Å². The minimum atomic E-state index is 0.675. The summed E-state index contributed by atoms with van der Waals surface area (Å²) in [5, 5.41) is 1.34. The van der Waals surface area contributed by atoms with Gasteiger partial charge in [-0.25, -0.2) is 4.98 Å². The predicted octanol–water partition coefficient (Wildman–Crippen LogP) is 4.61. The number of thiazole rings is 1. The number of hydrogen-bond acceptors (Lipinski definition) is 3. The molecule has 2 atom stereocenters. The van der Waals surface area contributed by atoms with E-state index in [2.05, 4.69) is 37.3 Å². The summed E-state index contributed by atoms with van der Waals surface area (Å²) in [7, 11) is 0. The van der Waals surface area contributed by atoms with Crippen LogP contribution in [-0.2, 0) is 6.42 Å². The Morgan fingerprint density at radius 2 is 2.05 bits per heavy atom. The summed E-state index contributed by atoms with van der Waals surface area (Å²) in [5.41, 5.74) is 8.19. The molecule has 0 saturated heterocycles. The first-order chi connectivity index (χ1) is 10.3. The fourth-order valence-electron chi connectivity index (χ4n) is 3.34. The first-order valence-corrected chi connectivity index (χ1v) is 8.88. The second-order valence-corrected chi connectivity index (χ2v) is 7.13. The van der Waals surface area contributed by atoms with E-state index in [1.807, 2.05) is 11.3 Å². The zero-order valence-corrected chi connectivity index (χ0v) is 13.5. The van der Waals surface area contributed by atoms with Gasteiger partial charge in [-0.3, -0.25) is 0 Å². The number of benzene rings is 1. The number of nitrogens with zero attached hydrogens (tertiary/aromatic N) is 1. The summed E-state index contributed by atoms with van der Waals surface area (Å²) in [6.45, 7) is 3.01. The van der Waals surface area contributed by atoms with Crippen molar-refractivity contribution in [3.05, 3.63) is 40.2 Å². The molecule has 0 radical (unpaired) electrons. The van der Waals surface area contributed by atoms with Crippen molar-refractivity contribution >= 4 is 11.3 Å². The van der Waals surface area contributed by atoms with Gasteiger partial charge in [-0.2, -0.15) is 0 Å². The SMILES string of the molecule is CCC1CCC(c2nc(-c3ccccc3)c(CCN)s2)C1. The van der Waals surface area contributed by atoms with Crippen LogP contribution in [0.3, 0.4) is 0 Å². The number of nitrogens with two attached hydrogens (primary N) is 1. The Hall–Kier alpha value is -1.19. The van der Waals surface area contributed by atoms with E-state index in [9.17, 15) is 0 Å². The van der Waals surface area contributed by atoms with E-state index in [1.54, 1.807) is 0 Å². The van der Waals surface area contributed by atoms with Gasteiger partial charge in [0.15, 0.2) is 0 Å². The van der Waals surface area contributed by atoms with Crippen molar-refractivity contribution in [3.8, 4) is 11.3 Å². The molecule has 0 spiro atoms. The standard InChI is InChI=1S/C18H24N2S/c1-2-13-8-9-15(12-13)18-20-17(16(21-18)10-11-19)14-6-4-3-5-7-14/h3-7,13,15H,2,8-12,19H2,1H3. The van der Waals surface area contributed by atoms with Crippen LogP contribution in [0.15, 0.2) is 30.3 Å². The molecule has 21 heavy (non-hydrogen) atoms. The van der Waals surface area contributed by atoms with Gasteiger partial charge in [0.2, 0.25) is 0 Å². The molecule has 1 heterocycles. The fourth-order valence-corrected chi connectivity index (χ4v) is 4.59. The van der Waals surface area contributed by atoms with E-state index < -0.39 is 0 Å². The molecule has 3 rings (SSSR count). The topological polar surface area (TPSA) is 38.9 Å². The number of aromatic nitrogens is 1. The summed E-state index contributed by atoms with van der Waals surface area (Å²) in [6, 6.07) is 10.5. The van der Waals surface area contributed by atoms with Gasteiger partial charge in [-0.15, -0.1) is 11.3 Å². The quantitative estimate of drug-likeness (QED) is 0.876. The Labute approximate surface area is 131 Å². The Bertz CT molecular complexity index is 576. The molecule has 0 bridgehead atoms. The number of hydrogen-bond donors (Lipinski definition) is 1. The van der Waals surface area contributed by atoms with Crippen LogP contribution in [0.2, 0.25) is 0 Å². The molecule has 2 aromatic rings. The molecule has 1 saturated carbocycles. The lowest BCUT2D eigenvalue weighted by Gasteiger charge is -2.06. The molecule has 3 heteroatoms. The van der Waals surface area contributed by atoms with Crippen molar-refractivity contribution in [2.75, 3.05) is 6.54 Å². The van der Waals surface area contributed by atoms with Crippen molar-refractivity contribution in [1.29, 1.82) is 0 Å². The van der Waals surface area contributed by atoms with Crippen LogP contribution < -0.4 is 5.73 Å². The van der Waals surface area contributed by atoms with E-state index in [4.69, 9.17) is 10.7 Å². The summed E-state index contributed by atoms with van der Waals surface area (Å²) < 4.78 is 0. The minimum Gasteiger partial charge on any atom is -0.330 e. The van der Waals surface area contributed by atoms with Crippen molar-refractivity contribution in [3.63, 3.8) is 0 Å². The molecule has 0 amide bonds. The highest BCUT2D eigenvalue weighted by atomic mass is 32.1. The largest absolute Gasteiger partial charge is 0.330 e. The second kappa shape index (κ2) is 6.71. The molecule has 0 aliphatic heterocycles. The summed E-state index contributed by atoms with van der Waals surface area (Å²) in [4.78, 5) is 6.37. The Morgan fingerprint density at radius 3 is 2.71 bits per heavy atom. The Balaban J connectivity index is 1.90. The smallest absolute Gasteiger partial charge is 0.0966 e. The average molecular weight is 300 g/mol. The Morgan fingerprint density at radius 1 is 1.24 bits per heavy atom. The van der Waals surface area contributed by atoms with Crippen LogP contribution >= 0.6 is 11.3 Å². The van der Waals surface area contributed by atoms with Gasteiger partial charge in [-0.1, -0.05) is 43.7 Å². The Kier molecular flexibility index (Phi) is 4.71. The lowest BCUT2D eigenvalue weighted by atomic mass is 10.0. The van der Waals surface area contributed by atoms with E-state index in [-0.39, 0.29) is 0 Å². The van der Waals surface area contributed by atoms with Crippen LogP contribution in [0, 0.1) is 5.92 Å². The second-order valence-electron chi connectivity index (χ2n) is 6.01. The fraction of sp³-hybridized carbons (Fsp3) is 0.500. The molecule has 2 unspecified atom stereocenters. The maximum atomic E-state index is 5.79. The molecule has 1 aromatic heterocycles. The zero-order valence-electron chi connectivity index (χ0n) is 12.7. The molecule has 2 nitrogen and oxygen atoms in total.